The van der Waals surface area contributed by atoms with Crippen molar-refractivity contribution in [2.75, 3.05) is 13.2 Å². The van der Waals surface area contributed by atoms with Crippen molar-refractivity contribution in [3.63, 3.8) is 0 Å². The molecule has 2 aromatic rings. The second-order valence-corrected chi connectivity index (χ2v) is 7.32. The molecule has 0 radical (unpaired) electrons. The second kappa shape index (κ2) is 8.20. The summed E-state index contributed by atoms with van der Waals surface area (Å²) in [7, 11) is -3.56. The van der Waals surface area contributed by atoms with Gasteiger partial charge in [-0.3, -0.25) is 0 Å². The summed E-state index contributed by atoms with van der Waals surface area (Å²) in [6.45, 7) is 3.96. The minimum Gasteiger partial charge on any atom is -0.479 e. The summed E-state index contributed by atoms with van der Waals surface area (Å²) in [5.74, 6) is 6.01. The molecule has 6 heteroatoms. The van der Waals surface area contributed by atoms with Crippen LogP contribution >= 0.6 is 11.6 Å². The van der Waals surface area contributed by atoms with Gasteiger partial charge >= 0.3 is 0 Å². The summed E-state index contributed by atoms with van der Waals surface area (Å²) < 4.78 is 32.2. The van der Waals surface area contributed by atoms with E-state index in [4.69, 9.17) is 16.3 Å². The molecular formula is C18H18ClNO3S. The SMILES string of the molecule is Cc1ccc(S(=O)(=O)NCC#CCOc2ccccc2Cl)cc1C. The van der Waals surface area contributed by atoms with Gasteiger partial charge in [0.05, 0.1) is 16.5 Å². The Morgan fingerprint density at radius 3 is 2.54 bits per heavy atom. The van der Waals surface area contributed by atoms with Crippen LogP contribution in [0.15, 0.2) is 47.4 Å². The van der Waals surface area contributed by atoms with Crippen LogP contribution in [-0.2, 0) is 10.0 Å². The molecule has 0 unspecified atom stereocenters. The number of rotatable bonds is 5. The van der Waals surface area contributed by atoms with E-state index in [2.05, 4.69) is 16.6 Å². The smallest absolute Gasteiger partial charge is 0.241 e. The predicted molar refractivity (Wildman–Crippen MR) is 95.8 cm³/mol. The lowest BCUT2D eigenvalue weighted by molar-refractivity contribution is 0.370. The Hall–Kier alpha value is -2.00. The van der Waals surface area contributed by atoms with Gasteiger partial charge in [0.25, 0.3) is 0 Å². The van der Waals surface area contributed by atoms with E-state index in [9.17, 15) is 8.42 Å². The van der Waals surface area contributed by atoms with Gasteiger partial charge in [0.2, 0.25) is 10.0 Å². The summed E-state index contributed by atoms with van der Waals surface area (Å²) in [6.07, 6.45) is 0. The summed E-state index contributed by atoms with van der Waals surface area (Å²) in [4.78, 5) is 0.236. The zero-order valence-electron chi connectivity index (χ0n) is 13.5. The van der Waals surface area contributed by atoms with Crippen LogP contribution in [0.5, 0.6) is 5.75 Å². The predicted octanol–water partition coefficient (Wildman–Crippen LogP) is 3.32. The zero-order valence-corrected chi connectivity index (χ0v) is 15.0. The van der Waals surface area contributed by atoms with Gasteiger partial charge in [-0.15, -0.1) is 0 Å². The molecule has 0 atom stereocenters. The molecular weight excluding hydrogens is 346 g/mol. The molecule has 24 heavy (non-hydrogen) atoms. The number of hydrogen-bond donors (Lipinski definition) is 1. The van der Waals surface area contributed by atoms with Crippen LogP contribution in [0.2, 0.25) is 5.02 Å². The number of aryl methyl sites for hydroxylation is 2. The van der Waals surface area contributed by atoms with E-state index < -0.39 is 10.0 Å². The molecule has 0 aliphatic heterocycles. The van der Waals surface area contributed by atoms with Gasteiger partial charge in [-0.1, -0.05) is 41.6 Å². The lowest BCUT2D eigenvalue weighted by Gasteiger charge is -2.06. The van der Waals surface area contributed by atoms with Crippen LogP contribution < -0.4 is 9.46 Å². The van der Waals surface area contributed by atoms with Crippen LogP contribution in [0.3, 0.4) is 0 Å². The summed E-state index contributed by atoms with van der Waals surface area (Å²) in [5.41, 5.74) is 1.97. The van der Waals surface area contributed by atoms with E-state index in [0.717, 1.165) is 11.1 Å². The number of nitrogens with one attached hydrogen (secondary N) is 1. The Morgan fingerprint density at radius 2 is 1.83 bits per heavy atom. The van der Waals surface area contributed by atoms with E-state index in [-0.39, 0.29) is 18.0 Å². The quantitative estimate of drug-likeness (QED) is 0.829. The Bertz CT molecular complexity index is 883. The van der Waals surface area contributed by atoms with Crippen molar-refractivity contribution in [3.8, 4) is 17.6 Å². The number of para-hydroxylation sites is 1. The van der Waals surface area contributed by atoms with Crippen LogP contribution in [0.4, 0.5) is 0 Å². The zero-order chi connectivity index (χ0) is 17.6. The Balaban J connectivity index is 1.87. The van der Waals surface area contributed by atoms with E-state index in [1.807, 2.05) is 26.0 Å². The minimum absolute atomic E-state index is 0.0150. The highest BCUT2D eigenvalue weighted by Gasteiger charge is 2.13. The van der Waals surface area contributed by atoms with Crippen molar-refractivity contribution in [2.24, 2.45) is 0 Å². The minimum atomic E-state index is -3.56. The maximum absolute atomic E-state index is 12.2. The molecule has 2 rings (SSSR count). The summed E-state index contributed by atoms with van der Waals surface area (Å²) in [6, 6.07) is 12.1. The third-order valence-electron chi connectivity index (χ3n) is 3.40. The Morgan fingerprint density at radius 1 is 1.08 bits per heavy atom. The molecule has 4 nitrogen and oxygen atoms in total. The number of sulfonamides is 1. The highest BCUT2D eigenvalue weighted by Crippen LogP contribution is 2.22. The van der Waals surface area contributed by atoms with Gasteiger partial charge in [0, 0.05) is 0 Å². The average molecular weight is 364 g/mol. The Kier molecular flexibility index (Phi) is 6.27. The maximum Gasteiger partial charge on any atom is 0.241 e. The van der Waals surface area contributed by atoms with Crippen molar-refractivity contribution < 1.29 is 13.2 Å². The van der Waals surface area contributed by atoms with Gasteiger partial charge in [0.1, 0.15) is 12.4 Å². The maximum atomic E-state index is 12.2. The lowest BCUT2D eigenvalue weighted by atomic mass is 10.1. The fraction of sp³-hybridized carbons (Fsp3) is 0.222. The first-order valence-corrected chi connectivity index (χ1v) is 9.16. The van der Waals surface area contributed by atoms with Crippen LogP contribution in [0.1, 0.15) is 11.1 Å². The van der Waals surface area contributed by atoms with Gasteiger partial charge in [-0.05, 0) is 49.2 Å². The summed E-state index contributed by atoms with van der Waals surface area (Å²) >= 11 is 5.95. The highest BCUT2D eigenvalue weighted by molar-refractivity contribution is 7.89. The largest absolute Gasteiger partial charge is 0.479 e. The van der Waals surface area contributed by atoms with Crippen molar-refractivity contribution in [1.82, 2.24) is 4.72 Å². The van der Waals surface area contributed by atoms with Gasteiger partial charge in [-0.2, -0.15) is 4.72 Å². The van der Waals surface area contributed by atoms with Crippen molar-refractivity contribution in [3.05, 3.63) is 58.6 Å². The van der Waals surface area contributed by atoms with Gasteiger partial charge < -0.3 is 4.74 Å². The molecule has 0 heterocycles. The molecule has 2 aromatic carbocycles. The first-order chi connectivity index (χ1) is 11.4. The van der Waals surface area contributed by atoms with Crippen molar-refractivity contribution in [1.29, 1.82) is 0 Å². The molecule has 1 N–H and O–H groups in total. The van der Waals surface area contributed by atoms with Crippen LogP contribution in [0, 0.1) is 25.7 Å². The number of benzene rings is 2. The van der Waals surface area contributed by atoms with Gasteiger partial charge in [-0.25, -0.2) is 8.42 Å². The third-order valence-corrected chi connectivity index (χ3v) is 5.11. The number of halogens is 1. The molecule has 0 aromatic heterocycles. The van der Waals surface area contributed by atoms with Crippen LogP contribution in [-0.4, -0.2) is 21.6 Å². The molecule has 0 aliphatic rings. The lowest BCUT2D eigenvalue weighted by Crippen LogP contribution is -2.24. The van der Waals surface area contributed by atoms with E-state index >= 15 is 0 Å². The molecule has 0 saturated carbocycles. The monoisotopic (exact) mass is 363 g/mol. The van der Waals surface area contributed by atoms with E-state index in [0.29, 0.717) is 10.8 Å². The van der Waals surface area contributed by atoms with E-state index in [1.165, 1.54) is 0 Å². The fourth-order valence-corrected chi connectivity index (χ4v) is 3.08. The first kappa shape index (κ1) is 18.3. The molecule has 0 saturated heterocycles. The van der Waals surface area contributed by atoms with Crippen LogP contribution in [0.25, 0.3) is 0 Å². The topological polar surface area (TPSA) is 55.4 Å². The molecule has 0 spiro atoms. The molecule has 0 aliphatic carbocycles. The third kappa shape index (κ3) is 5.00. The molecule has 0 bridgehead atoms. The molecule has 0 amide bonds. The first-order valence-electron chi connectivity index (χ1n) is 7.30. The number of ether oxygens (including phenoxy) is 1. The fourth-order valence-electron chi connectivity index (χ4n) is 1.88. The number of hydrogen-bond acceptors (Lipinski definition) is 3. The van der Waals surface area contributed by atoms with E-state index in [1.54, 1.807) is 30.3 Å². The standard InChI is InChI=1S/C18H18ClNO3S/c1-14-9-10-16(13-15(14)2)24(21,22)20-11-5-6-12-23-18-8-4-3-7-17(18)19/h3-4,7-10,13,20H,11-12H2,1-2H3. The summed E-state index contributed by atoms with van der Waals surface area (Å²) in [5, 5.41) is 0.509. The highest BCUT2D eigenvalue weighted by atomic mass is 35.5. The average Bonchev–Trinajstić information content (AvgIpc) is 2.54. The van der Waals surface area contributed by atoms with Gasteiger partial charge in [0.15, 0.2) is 0 Å². The Labute approximate surface area is 147 Å². The van der Waals surface area contributed by atoms with Crippen molar-refractivity contribution >= 4 is 21.6 Å². The second-order valence-electron chi connectivity index (χ2n) is 5.14. The van der Waals surface area contributed by atoms with Crippen molar-refractivity contribution in [2.45, 2.75) is 18.7 Å². The normalized spacial score (nSPS) is 10.8. The molecule has 0 fully saturated rings. The molecule has 126 valence electrons.